The number of benzene rings is 1. The molecule has 2 aromatic heterocycles. The summed E-state index contributed by atoms with van der Waals surface area (Å²) < 4.78 is 26.5. The number of aromatic nitrogens is 4. The van der Waals surface area contributed by atoms with E-state index in [2.05, 4.69) is 15.0 Å². The molecule has 0 saturated carbocycles. The largest absolute Gasteiger partial charge is 0.480 e. The third-order valence-corrected chi connectivity index (χ3v) is 6.92. The molecule has 168 valence electrons. The molecule has 1 unspecified atom stereocenters. The van der Waals surface area contributed by atoms with E-state index in [0.29, 0.717) is 23.3 Å². The summed E-state index contributed by atoms with van der Waals surface area (Å²) in [4.78, 5) is 23.7. The zero-order chi connectivity index (χ0) is 22.7. The molecule has 0 radical (unpaired) electrons. The fourth-order valence-electron chi connectivity index (χ4n) is 3.45. The first-order valence-electron chi connectivity index (χ1n) is 9.93. The predicted octanol–water partition coefficient (Wildman–Crippen LogP) is 2.23. The molecule has 0 spiro atoms. The number of nitrogens with zero attached hydrogens (tertiary/aromatic N) is 4. The van der Waals surface area contributed by atoms with Crippen molar-refractivity contribution in [2.24, 2.45) is 11.7 Å². The van der Waals surface area contributed by atoms with Gasteiger partial charge >= 0.3 is 13.6 Å². The fraction of sp³-hybridized carbons (Fsp3) is 0.300. The van der Waals surface area contributed by atoms with E-state index in [-0.39, 0.29) is 24.5 Å². The lowest BCUT2D eigenvalue weighted by Crippen LogP contribution is -2.34. The molecule has 0 fully saturated rings. The summed E-state index contributed by atoms with van der Waals surface area (Å²) in [5.74, 6) is -0.879. The number of rotatable bonds is 9. The van der Waals surface area contributed by atoms with Crippen LogP contribution in [0.1, 0.15) is 12.5 Å². The van der Waals surface area contributed by atoms with E-state index in [9.17, 15) is 9.36 Å². The van der Waals surface area contributed by atoms with Gasteiger partial charge in [0.15, 0.2) is 5.65 Å². The summed E-state index contributed by atoms with van der Waals surface area (Å²) in [6.07, 6.45) is 7.37. The van der Waals surface area contributed by atoms with Gasteiger partial charge in [-0.05, 0) is 18.6 Å². The first-order valence-corrected chi connectivity index (χ1v) is 11.7. The van der Waals surface area contributed by atoms with E-state index < -0.39 is 25.8 Å². The second-order valence-corrected chi connectivity index (χ2v) is 9.50. The number of hydrogen-bond acceptors (Lipinski definition) is 9. The van der Waals surface area contributed by atoms with Crippen LogP contribution in [0.4, 0.5) is 5.95 Å². The second kappa shape index (κ2) is 9.07. The Hall–Kier alpha value is -3.27. The van der Waals surface area contributed by atoms with Gasteiger partial charge in [-0.25, -0.2) is 14.5 Å². The maximum atomic E-state index is 13.3. The Bertz CT molecular complexity index is 1180. The fourth-order valence-corrected chi connectivity index (χ4v) is 5.18. The number of carboxylic acids is 1. The van der Waals surface area contributed by atoms with Crippen LogP contribution in [0.3, 0.4) is 0 Å². The molecule has 4 rings (SSSR count). The zero-order valence-electron chi connectivity index (χ0n) is 17.0. The molecule has 2 heterocycles. The monoisotopic (exact) mass is 458 g/mol. The van der Waals surface area contributed by atoms with Crippen molar-refractivity contribution in [3.05, 3.63) is 55.0 Å². The highest BCUT2D eigenvalue weighted by molar-refractivity contribution is 7.54. The van der Waals surface area contributed by atoms with E-state index in [1.807, 2.05) is 16.7 Å². The highest BCUT2D eigenvalue weighted by Gasteiger charge is 2.34. The van der Waals surface area contributed by atoms with Crippen LogP contribution in [-0.2, 0) is 13.9 Å². The van der Waals surface area contributed by atoms with Gasteiger partial charge in [-0.1, -0.05) is 30.4 Å². The number of allylic oxidation sites excluding steroid dienone is 1. The van der Waals surface area contributed by atoms with Crippen molar-refractivity contribution < 1.29 is 23.5 Å². The Morgan fingerprint density at radius 2 is 2.06 bits per heavy atom. The lowest BCUT2D eigenvalue weighted by Gasteiger charge is -2.22. The van der Waals surface area contributed by atoms with Crippen LogP contribution in [-0.4, -0.2) is 49.4 Å². The molecule has 4 atom stereocenters. The van der Waals surface area contributed by atoms with Crippen LogP contribution in [0.5, 0.6) is 5.75 Å². The highest BCUT2D eigenvalue weighted by Crippen LogP contribution is 2.49. The number of anilines is 1. The van der Waals surface area contributed by atoms with Crippen molar-refractivity contribution in [2.45, 2.75) is 18.5 Å². The standard InChI is InChI=1S/C20H23N6O5P/c21-16(19(27)28)11-32(29,31-15-4-2-1-3-5-15)30-10-13-6-7-14(8-13)26-12-24-17-9-23-20(22)25-18(17)26/h1-7,9,12-14,16H,8,10-11,21H2,(H,27,28)(H2,22,23,25)/t13-,14+,16+,32?/m1/s1. The van der Waals surface area contributed by atoms with Crippen molar-refractivity contribution in [3.8, 4) is 5.75 Å². The van der Waals surface area contributed by atoms with Crippen LogP contribution < -0.4 is 16.0 Å². The molecule has 0 aliphatic heterocycles. The number of nitrogen functional groups attached to an aromatic ring is 1. The summed E-state index contributed by atoms with van der Waals surface area (Å²) in [5.41, 5.74) is 12.6. The SMILES string of the molecule is Nc1ncc2ncn([C@H]3C=C[C@@H](COP(=O)(C[C@H](N)C(=O)O)Oc4ccccc4)C3)c2n1. The first-order chi connectivity index (χ1) is 15.3. The zero-order valence-corrected chi connectivity index (χ0v) is 17.9. The Morgan fingerprint density at radius 1 is 1.28 bits per heavy atom. The Morgan fingerprint density at radius 3 is 2.81 bits per heavy atom. The molecule has 5 N–H and O–H groups in total. The van der Waals surface area contributed by atoms with Gasteiger partial charge in [0.05, 0.1) is 31.3 Å². The van der Waals surface area contributed by atoms with E-state index in [0.717, 1.165) is 0 Å². The number of fused-ring (bicyclic) bond motifs is 1. The summed E-state index contributed by atoms with van der Waals surface area (Å²) in [6.45, 7) is 0.0766. The van der Waals surface area contributed by atoms with Crippen LogP contribution in [0, 0.1) is 5.92 Å². The number of para-hydroxylation sites is 1. The molecule has 1 aromatic carbocycles. The van der Waals surface area contributed by atoms with Crippen molar-refractivity contribution in [2.75, 3.05) is 18.5 Å². The van der Waals surface area contributed by atoms with Crippen molar-refractivity contribution in [1.82, 2.24) is 19.5 Å². The Balaban J connectivity index is 1.44. The van der Waals surface area contributed by atoms with Crippen LogP contribution in [0.2, 0.25) is 0 Å². The molecule has 1 aliphatic carbocycles. The molecule has 32 heavy (non-hydrogen) atoms. The maximum Gasteiger partial charge on any atom is 0.381 e. The lowest BCUT2D eigenvalue weighted by atomic mass is 10.1. The summed E-state index contributed by atoms with van der Waals surface area (Å²) >= 11 is 0. The summed E-state index contributed by atoms with van der Waals surface area (Å²) in [5, 5.41) is 9.14. The van der Waals surface area contributed by atoms with Crippen molar-refractivity contribution >= 4 is 30.7 Å². The molecule has 1 aliphatic rings. The Labute approximate surface area is 183 Å². The number of aliphatic carboxylic acids is 1. The molecule has 12 heteroatoms. The minimum absolute atomic E-state index is 0.0430. The normalized spacial score (nSPS) is 20.8. The van der Waals surface area contributed by atoms with Gasteiger partial charge in [0.1, 0.15) is 17.3 Å². The third-order valence-electron chi connectivity index (χ3n) is 5.05. The van der Waals surface area contributed by atoms with E-state index >= 15 is 0 Å². The lowest BCUT2D eigenvalue weighted by molar-refractivity contribution is -0.138. The van der Waals surface area contributed by atoms with Gasteiger partial charge in [0, 0.05) is 5.92 Å². The van der Waals surface area contributed by atoms with Gasteiger partial charge in [0.25, 0.3) is 0 Å². The molecule has 0 bridgehead atoms. The number of imidazole rings is 1. The van der Waals surface area contributed by atoms with Gasteiger partial charge in [-0.15, -0.1) is 0 Å². The smallest absolute Gasteiger partial charge is 0.381 e. The van der Waals surface area contributed by atoms with Crippen LogP contribution in [0.25, 0.3) is 11.2 Å². The number of carbonyl (C=O) groups is 1. The van der Waals surface area contributed by atoms with E-state index in [1.165, 1.54) is 0 Å². The highest BCUT2D eigenvalue weighted by atomic mass is 31.2. The van der Waals surface area contributed by atoms with Gasteiger partial charge in [-0.2, -0.15) is 4.98 Å². The number of hydrogen-bond donors (Lipinski definition) is 3. The molecule has 11 nitrogen and oxygen atoms in total. The van der Waals surface area contributed by atoms with Gasteiger partial charge in [-0.3, -0.25) is 9.32 Å². The molecule has 3 aromatic rings. The molecule has 0 amide bonds. The third kappa shape index (κ3) is 4.96. The minimum atomic E-state index is -3.83. The first kappa shape index (κ1) is 21.9. The molecular weight excluding hydrogens is 435 g/mol. The minimum Gasteiger partial charge on any atom is -0.480 e. The van der Waals surface area contributed by atoms with E-state index in [4.69, 9.17) is 25.6 Å². The number of nitrogens with two attached hydrogens (primary N) is 2. The van der Waals surface area contributed by atoms with Crippen molar-refractivity contribution in [1.29, 1.82) is 0 Å². The van der Waals surface area contributed by atoms with Crippen LogP contribution in [0.15, 0.2) is 55.0 Å². The second-order valence-electron chi connectivity index (χ2n) is 7.48. The van der Waals surface area contributed by atoms with Gasteiger partial charge in [0.2, 0.25) is 5.95 Å². The van der Waals surface area contributed by atoms with E-state index in [1.54, 1.807) is 42.9 Å². The predicted molar refractivity (Wildman–Crippen MR) is 117 cm³/mol. The summed E-state index contributed by atoms with van der Waals surface area (Å²) in [6, 6.07) is 7.03. The summed E-state index contributed by atoms with van der Waals surface area (Å²) in [7, 11) is -3.83. The average molecular weight is 458 g/mol. The van der Waals surface area contributed by atoms with Gasteiger partial charge < -0.3 is 25.7 Å². The maximum absolute atomic E-state index is 13.3. The Kier molecular flexibility index (Phi) is 6.22. The molecule has 0 saturated heterocycles. The quantitative estimate of drug-likeness (QED) is 0.319. The average Bonchev–Trinajstić information content (AvgIpc) is 3.39. The number of carboxylic acid groups (broad SMARTS) is 1. The van der Waals surface area contributed by atoms with Crippen molar-refractivity contribution in [3.63, 3.8) is 0 Å². The topological polar surface area (TPSA) is 168 Å². The van der Waals surface area contributed by atoms with Crippen LogP contribution >= 0.6 is 7.60 Å². The molecular formula is C20H23N6O5P.